The number of halogens is 1. The zero-order chi connectivity index (χ0) is 13.7. The summed E-state index contributed by atoms with van der Waals surface area (Å²) in [5.74, 6) is 0.708. The van der Waals surface area contributed by atoms with Crippen LogP contribution in [0.2, 0.25) is 5.02 Å². The van der Waals surface area contributed by atoms with Crippen molar-refractivity contribution in [3.63, 3.8) is 0 Å². The fraction of sp³-hybridized carbons (Fsp3) is 0.267. The summed E-state index contributed by atoms with van der Waals surface area (Å²) in [5, 5.41) is 3.89. The lowest BCUT2D eigenvalue weighted by molar-refractivity contribution is 0.242. The Morgan fingerprint density at radius 2 is 2.11 bits per heavy atom. The van der Waals surface area contributed by atoms with Crippen molar-refractivity contribution in [2.24, 2.45) is 0 Å². The summed E-state index contributed by atoms with van der Waals surface area (Å²) in [5.41, 5.74) is 1.94. The Morgan fingerprint density at radius 1 is 1.26 bits per heavy atom. The van der Waals surface area contributed by atoms with Gasteiger partial charge >= 0.3 is 0 Å². The highest BCUT2D eigenvalue weighted by Crippen LogP contribution is 2.28. The molecule has 0 spiro atoms. The Labute approximate surface area is 118 Å². The molecule has 0 bridgehead atoms. The molecular weight excluding hydrogens is 260 g/mol. The molecule has 1 N–H and O–H groups in total. The highest BCUT2D eigenvalue weighted by Gasteiger charge is 2.05. The first-order valence-electron chi connectivity index (χ1n) is 6.25. The molecule has 2 aromatic rings. The molecule has 2 rings (SSSR count). The van der Waals surface area contributed by atoms with Gasteiger partial charge in [0.15, 0.2) is 0 Å². The number of anilines is 1. The monoisotopic (exact) mass is 276 g/mol. The highest BCUT2D eigenvalue weighted by molar-refractivity contribution is 6.32. The molecule has 19 heavy (non-hydrogen) atoms. The largest absolute Gasteiger partial charge is 0.489 e. The molecule has 0 atom stereocenters. The van der Waals surface area contributed by atoms with Crippen LogP contribution >= 0.6 is 11.6 Å². The van der Waals surface area contributed by atoms with Gasteiger partial charge in [0.1, 0.15) is 5.75 Å². The average molecular weight is 277 g/mol. The summed E-state index contributed by atoms with van der Waals surface area (Å²) in [7, 11) is 0. The van der Waals surface area contributed by atoms with Crippen LogP contribution in [-0.4, -0.2) is 11.1 Å². The molecule has 1 aromatic carbocycles. The highest BCUT2D eigenvalue weighted by atomic mass is 35.5. The smallest absolute Gasteiger partial charge is 0.138 e. The van der Waals surface area contributed by atoms with E-state index < -0.39 is 0 Å². The second-order valence-corrected chi connectivity index (χ2v) is 4.89. The fourth-order valence-corrected chi connectivity index (χ4v) is 1.88. The summed E-state index contributed by atoms with van der Waals surface area (Å²) < 4.78 is 5.59. The average Bonchev–Trinajstić information content (AvgIpc) is 2.40. The van der Waals surface area contributed by atoms with Crippen LogP contribution in [0.1, 0.15) is 19.5 Å². The van der Waals surface area contributed by atoms with Crippen LogP contribution in [0.4, 0.5) is 5.69 Å². The number of hydrogen-bond acceptors (Lipinski definition) is 3. The van der Waals surface area contributed by atoms with Gasteiger partial charge in [0.2, 0.25) is 0 Å². The summed E-state index contributed by atoms with van der Waals surface area (Å²) in [6.07, 6.45) is 1.90. The Balaban J connectivity index is 2.00. The van der Waals surface area contributed by atoms with Crippen molar-refractivity contribution >= 4 is 17.3 Å². The van der Waals surface area contributed by atoms with Gasteiger partial charge in [0.25, 0.3) is 0 Å². The minimum absolute atomic E-state index is 0.116. The van der Waals surface area contributed by atoms with Crippen LogP contribution in [0.3, 0.4) is 0 Å². The number of pyridine rings is 1. The molecule has 0 amide bonds. The third kappa shape index (κ3) is 4.14. The van der Waals surface area contributed by atoms with Gasteiger partial charge in [0.05, 0.1) is 23.4 Å². The molecule has 0 unspecified atom stereocenters. The van der Waals surface area contributed by atoms with E-state index in [1.807, 2.05) is 50.2 Å². The Morgan fingerprint density at radius 3 is 2.74 bits per heavy atom. The van der Waals surface area contributed by atoms with Crippen LogP contribution in [-0.2, 0) is 6.54 Å². The van der Waals surface area contributed by atoms with Crippen LogP contribution < -0.4 is 10.1 Å². The van der Waals surface area contributed by atoms with Crippen molar-refractivity contribution in [3.8, 4) is 5.75 Å². The molecule has 1 aromatic heterocycles. The summed E-state index contributed by atoms with van der Waals surface area (Å²) in [4.78, 5) is 4.25. The number of nitrogens with one attached hydrogen (secondary N) is 1. The second-order valence-electron chi connectivity index (χ2n) is 4.49. The van der Waals surface area contributed by atoms with Crippen LogP contribution in [0.25, 0.3) is 0 Å². The molecule has 0 aliphatic heterocycles. The third-order valence-corrected chi connectivity index (χ3v) is 2.79. The summed E-state index contributed by atoms with van der Waals surface area (Å²) in [6, 6.07) is 11.5. The number of hydrogen-bond donors (Lipinski definition) is 1. The second kappa shape index (κ2) is 6.43. The van der Waals surface area contributed by atoms with Crippen molar-refractivity contribution in [2.75, 3.05) is 5.32 Å². The van der Waals surface area contributed by atoms with Gasteiger partial charge in [-0.15, -0.1) is 0 Å². The van der Waals surface area contributed by atoms with Gasteiger partial charge < -0.3 is 10.1 Å². The number of benzene rings is 1. The predicted molar refractivity (Wildman–Crippen MR) is 78.8 cm³/mol. The topological polar surface area (TPSA) is 34.1 Å². The van der Waals surface area contributed by atoms with E-state index in [1.54, 1.807) is 6.20 Å². The number of aromatic nitrogens is 1. The van der Waals surface area contributed by atoms with E-state index in [0.29, 0.717) is 17.3 Å². The van der Waals surface area contributed by atoms with Gasteiger partial charge in [-0.25, -0.2) is 0 Å². The maximum Gasteiger partial charge on any atom is 0.138 e. The molecule has 100 valence electrons. The molecule has 0 saturated carbocycles. The zero-order valence-corrected chi connectivity index (χ0v) is 11.8. The van der Waals surface area contributed by atoms with Crippen LogP contribution in [0.5, 0.6) is 5.75 Å². The van der Waals surface area contributed by atoms with E-state index in [1.165, 1.54) is 0 Å². The van der Waals surface area contributed by atoms with E-state index in [9.17, 15) is 0 Å². The molecule has 0 aliphatic rings. The molecule has 3 nitrogen and oxygen atoms in total. The van der Waals surface area contributed by atoms with Crippen molar-refractivity contribution in [1.82, 2.24) is 4.98 Å². The lowest BCUT2D eigenvalue weighted by Crippen LogP contribution is -2.06. The first kappa shape index (κ1) is 13.7. The first-order valence-corrected chi connectivity index (χ1v) is 6.63. The van der Waals surface area contributed by atoms with Gasteiger partial charge in [-0.3, -0.25) is 4.98 Å². The Hall–Kier alpha value is -1.74. The molecule has 0 fully saturated rings. The van der Waals surface area contributed by atoms with Gasteiger partial charge in [-0.05, 0) is 44.2 Å². The van der Waals surface area contributed by atoms with Crippen LogP contribution in [0, 0.1) is 0 Å². The van der Waals surface area contributed by atoms with Crippen molar-refractivity contribution < 1.29 is 4.74 Å². The lowest BCUT2D eigenvalue weighted by Gasteiger charge is -2.13. The maximum absolute atomic E-state index is 6.17. The quantitative estimate of drug-likeness (QED) is 0.891. The first-order chi connectivity index (χ1) is 9.15. The molecule has 4 heteroatoms. The van der Waals surface area contributed by atoms with Gasteiger partial charge in [-0.2, -0.15) is 0 Å². The van der Waals surface area contributed by atoms with E-state index in [0.717, 1.165) is 11.4 Å². The summed E-state index contributed by atoms with van der Waals surface area (Å²) in [6.45, 7) is 4.62. The Bertz CT molecular complexity index is 529. The van der Waals surface area contributed by atoms with Crippen LogP contribution in [0.15, 0.2) is 42.6 Å². The molecule has 1 heterocycles. The minimum Gasteiger partial charge on any atom is -0.489 e. The number of ether oxygens (including phenoxy) is 1. The summed E-state index contributed by atoms with van der Waals surface area (Å²) >= 11 is 6.17. The zero-order valence-electron chi connectivity index (χ0n) is 11.1. The van der Waals surface area contributed by atoms with Crippen molar-refractivity contribution in [3.05, 3.63) is 53.3 Å². The Kier molecular flexibility index (Phi) is 4.63. The van der Waals surface area contributed by atoms with Crippen molar-refractivity contribution in [1.29, 1.82) is 0 Å². The maximum atomic E-state index is 6.17. The van der Waals surface area contributed by atoms with Gasteiger partial charge in [0, 0.05) is 11.9 Å². The molecule has 0 radical (unpaired) electrons. The fourth-order valence-electron chi connectivity index (χ4n) is 1.66. The predicted octanol–water partition coefficient (Wildman–Crippen LogP) is 4.13. The third-order valence-electron chi connectivity index (χ3n) is 2.49. The molecular formula is C15H17ClN2O. The SMILES string of the molecule is CC(C)Oc1ccc(NCc2ccccn2)cc1Cl. The standard InChI is InChI=1S/C15H17ClN2O/c1-11(2)19-15-7-6-12(9-14(15)16)18-10-13-5-3-4-8-17-13/h3-9,11,18H,10H2,1-2H3. The van der Waals surface area contributed by atoms with E-state index in [-0.39, 0.29) is 6.10 Å². The lowest BCUT2D eigenvalue weighted by atomic mass is 10.2. The normalized spacial score (nSPS) is 10.5. The van der Waals surface area contributed by atoms with Crippen molar-refractivity contribution in [2.45, 2.75) is 26.5 Å². The molecule has 0 saturated heterocycles. The minimum atomic E-state index is 0.116. The number of rotatable bonds is 5. The van der Waals surface area contributed by atoms with E-state index in [2.05, 4.69) is 10.3 Å². The van der Waals surface area contributed by atoms with E-state index in [4.69, 9.17) is 16.3 Å². The molecule has 0 aliphatic carbocycles. The van der Waals surface area contributed by atoms with Gasteiger partial charge in [-0.1, -0.05) is 17.7 Å². The van der Waals surface area contributed by atoms with E-state index >= 15 is 0 Å². The number of nitrogens with zero attached hydrogens (tertiary/aromatic N) is 1.